The normalized spacial score (nSPS) is 18.0. The summed E-state index contributed by atoms with van der Waals surface area (Å²) in [4.78, 5) is 29.4. The Morgan fingerprint density at radius 3 is 2.43 bits per heavy atom. The molecule has 6 nitrogen and oxygen atoms in total. The number of nitrogens with one attached hydrogen (secondary N) is 1. The highest BCUT2D eigenvalue weighted by atomic mass is 35.5. The zero-order valence-corrected chi connectivity index (χ0v) is 21.9. The number of fused-ring (bicyclic) bond motifs is 1. The molecule has 0 spiro atoms. The van der Waals surface area contributed by atoms with E-state index < -0.39 is 29.5 Å². The van der Waals surface area contributed by atoms with Crippen LogP contribution in [0, 0.1) is 0 Å². The summed E-state index contributed by atoms with van der Waals surface area (Å²) in [6.45, 7) is 6.90. The Morgan fingerprint density at radius 1 is 1.08 bits per heavy atom. The van der Waals surface area contributed by atoms with Gasteiger partial charge in [-0.15, -0.1) is 0 Å². The molecule has 2 aromatic carbocycles. The fourth-order valence-electron chi connectivity index (χ4n) is 4.79. The molecule has 0 radical (unpaired) electrons. The average molecular weight is 538 g/mol. The van der Waals surface area contributed by atoms with Crippen molar-refractivity contribution >= 4 is 35.0 Å². The maximum atomic E-state index is 13.2. The molecule has 1 N–H and O–H groups in total. The van der Waals surface area contributed by atoms with Crippen molar-refractivity contribution in [1.29, 1.82) is 0 Å². The van der Waals surface area contributed by atoms with Crippen molar-refractivity contribution in [2.75, 3.05) is 23.3 Å². The summed E-state index contributed by atoms with van der Waals surface area (Å²) in [5, 5.41) is 3.37. The van der Waals surface area contributed by atoms with Crippen molar-refractivity contribution in [3.8, 4) is 0 Å². The lowest BCUT2D eigenvalue weighted by molar-refractivity contribution is -0.137. The lowest BCUT2D eigenvalue weighted by atomic mass is 10.0. The van der Waals surface area contributed by atoms with E-state index in [-0.39, 0.29) is 5.91 Å². The Bertz CT molecular complexity index is 1160. The predicted molar refractivity (Wildman–Crippen MR) is 137 cm³/mol. The average Bonchev–Trinajstić information content (AvgIpc) is 3.20. The van der Waals surface area contributed by atoms with Crippen molar-refractivity contribution in [2.45, 2.75) is 70.8 Å². The molecule has 0 bridgehead atoms. The lowest BCUT2D eigenvalue weighted by Crippen LogP contribution is -2.51. The van der Waals surface area contributed by atoms with Gasteiger partial charge in [0.2, 0.25) is 5.91 Å². The minimum atomic E-state index is -4.37. The summed E-state index contributed by atoms with van der Waals surface area (Å²) in [7, 11) is 0. The molecule has 4 rings (SSSR count). The Labute approximate surface area is 219 Å². The van der Waals surface area contributed by atoms with Crippen LogP contribution >= 0.6 is 11.6 Å². The third kappa shape index (κ3) is 6.50. The van der Waals surface area contributed by atoms with Crippen LogP contribution in [0.3, 0.4) is 0 Å². The predicted octanol–water partition coefficient (Wildman–Crippen LogP) is 6.65. The van der Waals surface area contributed by atoms with E-state index in [4.69, 9.17) is 16.3 Å². The maximum absolute atomic E-state index is 13.2. The molecule has 1 atom stereocenters. The van der Waals surface area contributed by atoms with Gasteiger partial charge in [0, 0.05) is 25.3 Å². The second-order valence-corrected chi connectivity index (χ2v) is 10.9. The van der Waals surface area contributed by atoms with Gasteiger partial charge in [0.1, 0.15) is 11.6 Å². The van der Waals surface area contributed by atoms with Crippen LogP contribution in [0.2, 0.25) is 5.02 Å². The van der Waals surface area contributed by atoms with Gasteiger partial charge in [0.15, 0.2) is 0 Å². The summed E-state index contributed by atoms with van der Waals surface area (Å²) >= 11 is 6.62. The molecule has 1 unspecified atom stereocenters. The fraction of sp³-hybridized carbons (Fsp3) is 0.481. The molecule has 2 aliphatic heterocycles. The molecule has 10 heteroatoms. The van der Waals surface area contributed by atoms with E-state index in [1.54, 1.807) is 26.8 Å². The number of halogens is 4. The smallest absolute Gasteiger partial charge is 0.416 e. The molecule has 2 aliphatic rings. The van der Waals surface area contributed by atoms with Crippen LogP contribution in [-0.2, 0) is 28.7 Å². The molecular formula is C27H31ClF3N3O3. The maximum Gasteiger partial charge on any atom is 0.416 e. The van der Waals surface area contributed by atoms with Gasteiger partial charge in [-0.25, -0.2) is 4.79 Å². The van der Waals surface area contributed by atoms with Crippen molar-refractivity contribution < 1.29 is 27.5 Å². The van der Waals surface area contributed by atoms with Gasteiger partial charge < -0.3 is 15.0 Å². The summed E-state index contributed by atoms with van der Waals surface area (Å²) in [6.07, 6.45) is -2.00. The van der Waals surface area contributed by atoms with Gasteiger partial charge in [-0.1, -0.05) is 23.7 Å². The topological polar surface area (TPSA) is 61.9 Å². The number of amides is 2. The minimum Gasteiger partial charge on any atom is -0.444 e. The van der Waals surface area contributed by atoms with Gasteiger partial charge in [0.25, 0.3) is 0 Å². The minimum absolute atomic E-state index is 0.291. The van der Waals surface area contributed by atoms with E-state index in [1.807, 2.05) is 11.0 Å². The summed E-state index contributed by atoms with van der Waals surface area (Å²) in [5.41, 5.74) is 1.71. The molecule has 2 amide bonds. The third-order valence-corrected chi connectivity index (χ3v) is 6.75. The molecule has 200 valence electrons. The highest BCUT2D eigenvalue weighted by molar-refractivity contribution is 6.34. The van der Waals surface area contributed by atoms with Crippen molar-refractivity contribution in [1.82, 2.24) is 4.90 Å². The van der Waals surface area contributed by atoms with Crippen LogP contribution in [0.25, 0.3) is 0 Å². The number of hydrogen-bond acceptors (Lipinski definition) is 4. The molecule has 1 fully saturated rings. The number of hydrogen-bond donors (Lipinski definition) is 1. The molecule has 1 saturated heterocycles. The number of alkyl halides is 3. The first-order valence-electron chi connectivity index (χ1n) is 12.4. The fourth-order valence-corrected chi connectivity index (χ4v) is 5.14. The number of benzene rings is 2. The van der Waals surface area contributed by atoms with E-state index >= 15 is 0 Å². The zero-order valence-electron chi connectivity index (χ0n) is 21.1. The Balaban J connectivity index is 1.45. The molecule has 0 saturated carbocycles. The molecule has 0 aromatic heterocycles. The van der Waals surface area contributed by atoms with Crippen LogP contribution in [-0.4, -0.2) is 41.6 Å². The van der Waals surface area contributed by atoms with Crippen LogP contribution in [0.1, 0.15) is 56.7 Å². The number of nitrogens with zero attached hydrogens (tertiary/aromatic N) is 2. The Morgan fingerprint density at radius 2 is 1.78 bits per heavy atom. The zero-order chi connectivity index (χ0) is 27.0. The highest BCUT2D eigenvalue weighted by Crippen LogP contribution is 2.39. The highest BCUT2D eigenvalue weighted by Gasteiger charge is 2.35. The van der Waals surface area contributed by atoms with Crippen LogP contribution in [0.4, 0.5) is 29.3 Å². The third-order valence-electron chi connectivity index (χ3n) is 6.47. The Hall–Kier alpha value is -2.94. The largest absolute Gasteiger partial charge is 0.444 e. The lowest BCUT2D eigenvalue weighted by Gasteiger charge is -2.35. The van der Waals surface area contributed by atoms with Crippen LogP contribution < -0.4 is 10.2 Å². The number of ether oxygens (including phenoxy) is 1. The van der Waals surface area contributed by atoms with Crippen molar-refractivity contribution in [2.24, 2.45) is 0 Å². The number of carbonyl (C=O) groups excluding carboxylic acids is 2. The second-order valence-electron chi connectivity index (χ2n) is 10.5. The number of carbonyl (C=O) groups is 2. The number of rotatable bonds is 4. The molecular weight excluding hydrogens is 507 g/mol. The number of anilines is 2. The first-order valence-corrected chi connectivity index (χ1v) is 12.7. The van der Waals surface area contributed by atoms with E-state index in [0.717, 1.165) is 41.8 Å². The Kier molecular flexibility index (Phi) is 7.65. The number of piperidine rings is 1. The first-order chi connectivity index (χ1) is 17.3. The van der Waals surface area contributed by atoms with Gasteiger partial charge in [0.05, 0.1) is 16.3 Å². The quantitative estimate of drug-likeness (QED) is 0.474. The molecule has 37 heavy (non-hydrogen) atoms. The first kappa shape index (κ1) is 27.1. The van der Waals surface area contributed by atoms with Crippen LogP contribution in [0.5, 0.6) is 0 Å². The molecule has 0 aliphatic carbocycles. The summed E-state index contributed by atoms with van der Waals surface area (Å²) in [6, 6.07) is 8.02. The second kappa shape index (κ2) is 10.4. The standard InChI is InChI=1S/C27H31ClF3N3O3/c1-26(2,3)37-25(36)34-12-5-4-6-22(34)24(35)32-20-14-18-11-13-33(23(18)21(28)15-20)16-17-7-9-19(10-8-17)27(29,30)31/h7-10,14-15,22H,4-6,11-13,16H2,1-3H3,(H,32,35). The van der Waals surface area contributed by atoms with Gasteiger partial charge in [-0.2, -0.15) is 13.2 Å². The molecule has 2 heterocycles. The number of likely N-dealkylation sites (tertiary alicyclic amines) is 1. The van der Waals surface area contributed by atoms with E-state index in [1.165, 1.54) is 17.0 Å². The van der Waals surface area contributed by atoms with E-state index in [2.05, 4.69) is 5.32 Å². The van der Waals surface area contributed by atoms with Gasteiger partial charge in [-0.3, -0.25) is 9.69 Å². The summed E-state index contributed by atoms with van der Waals surface area (Å²) in [5.74, 6) is -0.291. The SMILES string of the molecule is CC(C)(C)OC(=O)N1CCCCC1C(=O)Nc1cc(Cl)c2c(c1)CCN2Cc1ccc(C(F)(F)F)cc1. The van der Waals surface area contributed by atoms with Gasteiger partial charge in [-0.05, 0) is 81.8 Å². The summed E-state index contributed by atoms with van der Waals surface area (Å²) < 4.78 is 44.1. The molecule has 2 aromatic rings. The van der Waals surface area contributed by atoms with Gasteiger partial charge >= 0.3 is 12.3 Å². The van der Waals surface area contributed by atoms with E-state index in [0.29, 0.717) is 43.2 Å². The van der Waals surface area contributed by atoms with Crippen molar-refractivity contribution in [3.05, 3.63) is 58.1 Å². The van der Waals surface area contributed by atoms with Crippen molar-refractivity contribution in [3.63, 3.8) is 0 Å². The van der Waals surface area contributed by atoms with Crippen LogP contribution in [0.15, 0.2) is 36.4 Å². The monoisotopic (exact) mass is 537 g/mol. The van der Waals surface area contributed by atoms with E-state index in [9.17, 15) is 22.8 Å².